The van der Waals surface area contributed by atoms with Gasteiger partial charge in [-0.05, 0) is 92.4 Å². The van der Waals surface area contributed by atoms with Crippen LogP contribution in [-0.4, -0.2) is 15.6 Å². The van der Waals surface area contributed by atoms with Gasteiger partial charge < -0.3 is 9.88 Å². The maximum absolute atomic E-state index is 12.6. The van der Waals surface area contributed by atoms with Crippen molar-refractivity contribution in [1.82, 2.24) is 9.88 Å². The summed E-state index contributed by atoms with van der Waals surface area (Å²) in [6, 6.07) is 14.2. The van der Waals surface area contributed by atoms with Crippen LogP contribution in [0.5, 0.6) is 0 Å². The number of nitrogens with one attached hydrogen (secondary N) is 1. The fraction of sp³-hybridized carbons (Fsp3) is 0.231. The molecule has 2 heterocycles. The van der Waals surface area contributed by atoms with Crippen LogP contribution >= 0.6 is 23.4 Å². The molecule has 1 aliphatic rings. The van der Waals surface area contributed by atoms with Crippen LogP contribution < -0.4 is 5.32 Å². The second-order valence-corrected chi connectivity index (χ2v) is 9.40. The smallest absolute Gasteiger partial charge is 0.264 e. The minimum absolute atomic E-state index is 0.136. The van der Waals surface area contributed by atoms with Crippen molar-refractivity contribution in [3.63, 3.8) is 0 Å². The Hall–Kier alpha value is -2.76. The average Bonchev–Trinajstić information content (AvgIpc) is 3.23. The zero-order valence-electron chi connectivity index (χ0n) is 18.9. The first-order chi connectivity index (χ1) is 15.3. The fourth-order valence-electron chi connectivity index (χ4n) is 4.05. The van der Waals surface area contributed by atoms with Gasteiger partial charge in [0.05, 0.1) is 16.3 Å². The van der Waals surface area contributed by atoms with E-state index in [2.05, 4.69) is 66.8 Å². The van der Waals surface area contributed by atoms with Gasteiger partial charge in [0.15, 0.2) is 5.17 Å². The van der Waals surface area contributed by atoms with E-state index in [1.807, 2.05) is 31.2 Å². The topological polar surface area (TPSA) is 46.4 Å². The Morgan fingerprint density at radius 3 is 2.62 bits per heavy atom. The van der Waals surface area contributed by atoms with E-state index in [1.165, 1.54) is 28.6 Å². The van der Waals surface area contributed by atoms with Crippen LogP contribution in [0.2, 0.25) is 5.02 Å². The summed E-state index contributed by atoms with van der Waals surface area (Å²) in [6.45, 7) is 10.5. The number of amidine groups is 1. The molecule has 0 radical (unpaired) electrons. The molecule has 0 saturated carbocycles. The molecule has 2 aromatic carbocycles. The van der Waals surface area contributed by atoms with Gasteiger partial charge in [0.25, 0.3) is 5.91 Å². The molecule has 4 rings (SSSR count). The number of aromatic nitrogens is 1. The zero-order chi connectivity index (χ0) is 23.0. The van der Waals surface area contributed by atoms with E-state index in [4.69, 9.17) is 11.6 Å². The van der Waals surface area contributed by atoms with E-state index in [0.717, 1.165) is 34.6 Å². The quantitative estimate of drug-likeness (QED) is 0.431. The van der Waals surface area contributed by atoms with E-state index in [9.17, 15) is 4.79 Å². The minimum Gasteiger partial charge on any atom is -0.317 e. The first kappa shape index (κ1) is 22.4. The maximum Gasteiger partial charge on any atom is 0.264 e. The summed E-state index contributed by atoms with van der Waals surface area (Å²) < 4.78 is 2.29. The Kier molecular flexibility index (Phi) is 6.31. The van der Waals surface area contributed by atoms with E-state index in [-0.39, 0.29) is 5.91 Å². The lowest BCUT2D eigenvalue weighted by molar-refractivity contribution is -0.115. The van der Waals surface area contributed by atoms with Crippen LogP contribution in [0.4, 0.5) is 5.69 Å². The van der Waals surface area contributed by atoms with Crippen molar-refractivity contribution in [3.8, 4) is 5.69 Å². The molecule has 1 amide bonds. The number of rotatable bonds is 4. The van der Waals surface area contributed by atoms with Gasteiger partial charge in [0.2, 0.25) is 0 Å². The third-order valence-electron chi connectivity index (χ3n) is 5.79. The van der Waals surface area contributed by atoms with Crippen LogP contribution in [0.1, 0.15) is 40.6 Å². The molecule has 1 aromatic heterocycles. The number of hydrogen-bond acceptors (Lipinski definition) is 3. The lowest BCUT2D eigenvalue weighted by Crippen LogP contribution is -2.19. The fourth-order valence-corrected chi connectivity index (χ4v) is 5.05. The molecule has 0 atom stereocenters. The lowest BCUT2D eigenvalue weighted by atomic mass is 10.1. The molecule has 6 heteroatoms. The minimum atomic E-state index is -0.136. The molecule has 1 saturated heterocycles. The molecule has 1 N–H and O–H groups in total. The Bertz CT molecular complexity index is 1290. The van der Waals surface area contributed by atoms with Crippen LogP contribution in [0.3, 0.4) is 0 Å². The van der Waals surface area contributed by atoms with Crippen LogP contribution in [-0.2, 0) is 11.2 Å². The molecule has 0 bridgehead atoms. The number of amides is 1. The Morgan fingerprint density at radius 1 is 1.12 bits per heavy atom. The van der Waals surface area contributed by atoms with Gasteiger partial charge in [-0.25, -0.2) is 4.99 Å². The summed E-state index contributed by atoms with van der Waals surface area (Å²) in [5, 5.41) is 4.10. The first-order valence-corrected chi connectivity index (χ1v) is 11.8. The molecule has 1 aliphatic heterocycles. The zero-order valence-corrected chi connectivity index (χ0v) is 20.5. The van der Waals surface area contributed by atoms with Gasteiger partial charge in [-0.2, -0.15) is 0 Å². The van der Waals surface area contributed by atoms with Crippen molar-refractivity contribution in [3.05, 3.63) is 86.0 Å². The number of thioether (sulfide) groups is 1. The van der Waals surface area contributed by atoms with E-state index < -0.39 is 0 Å². The number of hydrogen-bond donors (Lipinski definition) is 1. The SMILES string of the molecule is CCc1cccc(C)c1-n1c(C)cc(/C=C2\SC(=Nc3cccc(Cl)c3C)NC2=O)c1C. The van der Waals surface area contributed by atoms with Gasteiger partial charge in [-0.3, -0.25) is 4.79 Å². The molecule has 164 valence electrons. The van der Waals surface area contributed by atoms with Crippen molar-refractivity contribution < 1.29 is 4.79 Å². The average molecular weight is 464 g/mol. The molecular weight excluding hydrogens is 438 g/mol. The third kappa shape index (κ3) is 4.15. The van der Waals surface area contributed by atoms with Crippen molar-refractivity contribution >= 4 is 46.2 Å². The normalized spacial score (nSPS) is 16.2. The van der Waals surface area contributed by atoms with E-state index in [1.54, 1.807) is 0 Å². The predicted octanol–water partition coefficient (Wildman–Crippen LogP) is 6.82. The number of halogens is 1. The number of carbonyl (C=O) groups excluding carboxylic acids is 1. The summed E-state index contributed by atoms with van der Waals surface area (Å²) >= 11 is 7.56. The molecule has 0 spiro atoms. The van der Waals surface area contributed by atoms with E-state index >= 15 is 0 Å². The number of para-hydroxylation sites is 1. The van der Waals surface area contributed by atoms with Gasteiger partial charge in [-0.15, -0.1) is 0 Å². The summed E-state index contributed by atoms with van der Waals surface area (Å²) in [5.41, 5.74) is 8.72. The van der Waals surface area contributed by atoms with E-state index in [0.29, 0.717) is 15.1 Å². The number of benzene rings is 2. The number of carbonyl (C=O) groups is 1. The van der Waals surface area contributed by atoms with Gasteiger partial charge in [0.1, 0.15) is 0 Å². The third-order valence-corrected chi connectivity index (χ3v) is 7.11. The number of nitrogens with zero attached hydrogens (tertiary/aromatic N) is 2. The number of aliphatic imine (C=N–C) groups is 1. The van der Waals surface area contributed by atoms with Crippen LogP contribution in [0.25, 0.3) is 11.8 Å². The van der Waals surface area contributed by atoms with Crippen LogP contribution in [0.15, 0.2) is 52.4 Å². The summed E-state index contributed by atoms with van der Waals surface area (Å²) in [5.74, 6) is -0.136. The summed E-state index contributed by atoms with van der Waals surface area (Å²) in [7, 11) is 0. The highest BCUT2D eigenvalue weighted by Gasteiger charge is 2.25. The highest BCUT2D eigenvalue weighted by molar-refractivity contribution is 8.18. The Morgan fingerprint density at radius 2 is 1.88 bits per heavy atom. The molecule has 0 unspecified atom stereocenters. The molecule has 1 fully saturated rings. The van der Waals surface area contributed by atoms with Crippen molar-refractivity contribution in [2.24, 2.45) is 4.99 Å². The van der Waals surface area contributed by atoms with Gasteiger partial charge >= 0.3 is 0 Å². The second-order valence-electron chi connectivity index (χ2n) is 7.96. The molecule has 32 heavy (non-hydrogen) atoms. The van der Waals surface area contributed by atoms with Crippen LogP contribution in [0, 0.1) is 27.7 Å². The Balaban J connectivity index is 1.70. The first-order valence-electron chi connectivity index (χ1n) is 10.6. The van der Waals surface area contributed by atoms with Crippen molar-refractivity contribution in [2.45, 2.75) is 41.0 Å². The highest BCUT2D eigenvalue weighted by Crippen LogP contribution is 2.33. The largest absolute Gasteiger partial charge is 0.317 e. The monoisotopic (exact) mass is 463 g/mol. The molecule has 0 aliphatic carbocycles. The molecule has 4 nitrogen and oxygen atoms in total. The summed E-state index contributed by atoms with van der Waals surface area (Å²) in [4.78, 5) is 17.9. The van der Waals surface area contributed by atoms with Gasteiger partial charge in [-0.1, -0.05) is 42.8 Å². The Labute approximate surface area is 198 Å². The second kappa shape index (κ2) is 9.00. The summed E-state index contributed by atoms with van der Waals surface area (Å²) in [6.07, 6.45) is 2.92. The van der Waals surface area contributed by atoms with Crippen molar-refractivity contribution in [2.75, 3.05) is 0 Å². The van der Waals surface area contributed by atoms with Gasteiger partial charge in [0, 0.05) is 16.4 Å². The van der Waals surface area contributed by atoms with Crippen molar-refractivity contribution in [1.29, 1.82) is 0 Å². The number of aryl methyl sites for hydroxylation is 3. The highest BCUT2D eigenvalue weighted by atomic mass is 35.5. The lowest BCUT2D eigenvalue weighted by Gasteiger charge is -2.17. The predicted molar refractivity (Wildman–Crippen MR) is 136 cm³/mol. The maximum atomic E-state index is 12.6. The molecule has 3 aromatic rings. The standard InChI is InChI=1S/C26H26ClN3OS/c1-6-19-10-7-9-15(2)24(19)30-16(3)13-20(18(30)5)14-23-25(31)29-26(32-23)28-22-12-8-11-21(27)17(22)4/h7-14H,6H2,1-5H3,(H,28,29,31)/b23-14-. The molecular formula is C26H26ClN3OS.